The summed E-state index contributed by atoms with van der Waals surface area (Å²) >= 11 is 12.8. The Morgan fingerprint density at radius 1 is 0.878 bits per heavy atom. The van der Waals surface area contributed by atoms with Crippen LogP contribution in [0.5, 0.6) is 11.5 Å². The lowest BCUT2D eigenvalue weighted by atomic mass is 10.1. The van der Waals surface area contributed by atoms with Crippen molar-refractivity contribution in [2.45, 2.75) is 44.3 Å². The number of hydrogen-bond donors (Lipinski definition) is 1. The van der Waals surface area contributed by atoms with Crippen molar-refractivity contribution < 1.29 is 27.5 Å². The minimum absolute atomic E-state index is 0.0664. The third-order valence-corrected chi connectivity index (χ3v) is 8.75. The van der Waals surface area contributed by atoms with Crippen LogP contribution in [0.3, 0.4) is 0 Å². The Balaban J connectivity index is 2.11. The van der Waals surface area contributed by atoms with Gasteiger partial charge in [-0.2, -0.15) is 0 Å². The zero-order valence-electron chi connectivity index (χ0n) is 23.4. The van der Waals surface area contributed by atoms with Crippen LogP contribution in [-0.4, -0.2) is 58.0 Å². The molecule has 9 nitrogen and oxygen atoms in total. The summed E-state index contributed by atoms with van der Waals surface area (Å²) in [5.74, 6) is -0.367. The van der Waals surface area contributed by atoms with E-state index >= 15 is 0 Å². The van der Waals surface area contributed by atoms with E-state index < -0.39 is 34.4 Å². The van der Waals surface area contributed by atoms with Crippen LogP contribution in [0.2, 0.25) is 10.0 Å². The number of halogens is 2. The Bertz CT molecular complexity index is 1460. The fraction of sp³-hybridized carbons (Fsp3) is 0.310. The number of amides is 2. The van der Waals surface area contributed by atoms with Crippen LogP contribution in [-0.2, 0) is 26.2 Å². The summed E-state index contributed by atoms with van der Waals surface area (Å²) < 4.78 is 39.6. The van der Waals surface area contributed by atoms with Gasteiger partial charge in [-0.1, -0.05) is 41.4 Å². The largest absolute Gasteiger partial charge is 0.497 e. The van der Waals surface area contributed by atoms with Crippen molar-refractivity contribution in [2.75, 3.05) is 25.1 Å². The van der Waals surface area contributed by atoms with Crippen LogP contribution < -0.4 is 19.1 Å². The molecule has 0 heterocycles. The van der Waals surface area contributed by atoms with E-state index in [1.165, 1.54) is 49.5 Å². The van der Waals surface area contributed by atoms with Crippen molar-refractivity contribution in [1.29, 1.82) is 0 Å². The number of sulfonamides is 1. The number of para-hydroxylation sites is 2. The van der Waals surface area contributed by atoms with Crippen molar-refractivity contribution in [3.8, 4) is 11.5 Å². The number of methoxy groups -OCH3 is 2. The quantitative estimate of drug-likeness (QED) is 0.300. The maximum absolute atomic E-state index is 14.1. The summed E-state index contributed by atoms with van der Waals surface area (Å²) in [6, 6.07) is 16.0. The van der Waals surface area contributed by atoms with Gasteiger partial charge in [-0.05, 0) is 69.3 Å². The molecule has 1 N–H and O–H groups in total. The highest BCUT2D eigenvalue weighted by Gasteiger charge is 2.34. The van der Waals surface area contributed by atoms with Crippen LogP contribution in [0.25, 0.3) is 0 Å². The Labute approximate surface area is 251 Å². The summed E-state index contributed by atoms with van der Waals surface area (Å²) in [6.07, 6.45) is 0. The summed E-state index contributed by atoms with van der Waals surface area (Å²) in [5.41, 5.74) is 0.574. The van der Waals surface area contributed by atoms with Crippen molar-refractivity contribution in [3.63, 3.8) is 0 Å². The molecule has 0 spiro atoms. The smallest absolute Gasteiger partial charge is 0.264 e. The van der Waals surface area contributed by atoms with E-state index in [0.29, 0.717) is 21.4 Å². The molecule has 0 aromatic heterocycles. The molecule has 0 aliphatic heterocycles. The van der Waals surface area contributed by atoms with Crippen LogP contribution >= 0.6 is 23.2 Å². The fourth-order valence-corrected chi connectivity index (χ4v) is 6.01. The van der Waals surface area contributed by atoms with Gasteiger partial charge < -0.3 is 19.7 Å². The number of carbonyl (C=O) groups excluding carboxylic acids is 2. The molecule has 0 radical (unpaired) electrons. The molecule has 41 heavy (non-hydrogen) atoms. The minimum atomic E-state index is -4.30. The van der Waals surface area contributed by atoms with Crippen LogP contribution in [0.4, 0.5) is 5.69 Å². The van der Waals surface area contributed by atoms with E-state index in [-0.39, 0.29) is 28.9 Å². The molecule has 0 saturated heterocycles. The molecule has 0 aliphatic rings. The molecule has 12 heteroatoms. The molecule has 0 saturated carbocycles. The van der Waals surface area contributed by atoms with Gasteiger partial charge in [0.1, 0.15) is 24.1 Å². The van der Waals surface area contributed by atoms with Gasteiger partial charge in [0.15, 0.2) is 0 Å². The number of anilines is 1. The van der Waals surface area contributed by atoms with Gasteiger partial charge in [-0.25, -0.2) is 8.42 Å². The first-order valence-electron chi connectivity index (χ1n) is 12.7. The first-order valence-corrected chi connectivity index (χ1v) is 14.9. The van der Waals surface area contributed by atoms with Crippen LogP contribution in [0.15, 0.2) is 71.6 Å². The number of nitrogens with zero attached hydrogens (tertiary/aromatic N) is 2. The predicted octanol–water partition coefficient (Wildman–Crippen LogP) is 5.15. The van der Waals surface area contributed by atoms with E-state index in [0.717, 1.165) is 4.31 Å². The van der Waals surface area contributed by atoms with Crippen molar-refractivity contribution in [2.24, 2.45) is 0 Å². The minimum Gasteiger partial charge on any atom is -0.497 e. The van der Waals surface area contributed by atoms with E-state index in [2.05, 4.69) is 5.32 Å². The topological polar surface area (TPSA) is 105 Å². The highest BCUT2D eigenvalue weighted by Crippen LogP contribution is 2.33. The Kier molecular flexibility index (Phi) is 10.9. The van der Waals surface area contributed by atoms with Crippen LogP contribution in [0, 0.1) is 0 Å². The normalized spacial score (nSPS) is 12.0. The molecule has 3 aromatic rings. The molecule has 0 aliphatic carbocycles. The van der Waals surface area contributed by atoms with Gasteiger partial charge >= 0.3 is 0 Å². The van der Waals surface area contributed by atoms with Gasteiger partial charge in [-0.3, -0.25) is 13.9 Å². The zero-order valence-corrected chi connectivity index (χ0v) is 25.8. The standard InChI is InChI=1S/C29H33Cl2N3O6S/c1-19(2)32-29(36)20(3)33(17-23-24(30)9-8-10-25(23)31)28(35)18-34(26-11-6-7-12-27(26)40-5)41(37,38)22-15-13-21(39-4)14-16-22/h6-16,19-20H,17-18H2,1-5H3,(H,32,36)/t20-/m0/s1. The molecule has 1 atom stereocenters. The molecule has 0 bridgehead atoms. The first kappa shape index (κ1) is 32.0. The molecule has 0 unspecified atom stereocenters. The monoisotopic (exact) mass is 621 g/mol. The molecular formula is C29H33Cl2N3O6S. The van der Waals surface area contributed by atoms with Crippen LogP contribution in [0.1, 0.15) is 26.3 Å². The van der Waals surface area contributed by atoms with E-state index in [1.54, 1.807) is 57.2 Å². The number of hydrogen-bond acceptors (Lipinski definition) is 6. The van der Waals surface area contributed by atoms with E-state index in [9.17, 15) is 18.0 Å². The van der Waals surface area contributed by atoms with Crippen molar-refractivity contribution in [3.05, 3.63) is 82.3 Å². The van der Waals surface area contributed by atoms with Gasteiger partial charge in [0.25, 0.3) is 10.0 Å². The summed E-state index contributed by atoms with van der Waals surface area (Å²) in [7, 11) is -1.42. The number of rotatable bonds is 12. The summed E-state index contributed by atoms with van der Waals surface area (Å²) in [4.78, 5) is 28.3. The molecule has 3 aromatic carbocycles. The Morgan fingerprint density at radius 3 is 2.05 bits per heavy atom. The average Bonchev–Trinajstić information content (AvgIpc) is 2.94. The number of benzene rings is 3. The molecular weight excluding hydrogens is 589 g/mol. The third kappa shape index (κ3) is 7.63. The fourth-order valence-electron chi connectivity index (χ4n) is 4.07. The molecule has 0 fully saturated rings. The molecule has 3 rings (SSSR count). The number of ether oxygens (including phenoxy) is 2. The third-order valence-electron chi connectivity index (χ3n) is 6.27. The lowest BCUT2D eigenvalue weighted by molar-refractivity contribution is -0.139. The Morgan fingerprint density at radius 2 is 1.49 bits per heavy atom. The maximum atomic E-state index is 14.1. The van der Waals surface area contributed by atoms with Crippen molar-refractivity contribution >= 4 is 50.7 Å². The lowest BCUT2D eigenvalue weighted by Crippen LogP contribution is -2.52. The number of nitrogens with one attached hydrogen (secondary N) is 1. The lowest BCUT2D eigenvalue weighted by Gasteiger charge is -2.33. The zero-order chi connectivity index (χ0) is 30.3. The number of carbonyl (C=O) groups is 2. The van der Waals surface area contributed by atoms with Gasteiger partial charge in [0, 0.05) is 28.2 Å². The summed E-state index contributed by atoms with van der Waals surface area (Å²) in [5, 5.41) is 3.41. The average molecular weight is 623 g/mol. The second-order valence-electron chi connectivity index (χ2n) is 9.42. The highest BCUT2D eigenvalue weighted by atomic mass is 35.5. The highest BCUT2D eigenvalue weighted by molar-refractivity contribution is 7.92. The first-order chi connectivity index (χ1) is 19.4. The Hall–Kier alpha value is -3.47. The van der Waals surface area contributed by atoms with E-state index in [1.807, 2.05) is 0 Å². The second-order valence-corrected chi connectivity index (χ2v) is 12.1. The second kappa shape index (κ2) is 13.9. The van der Waals surface area contributed by atoms with Gasteiger partial charge in [0.05, 0.1) is 24.8 Å². The SMILES string of the molecule is COc1ccc(S(=O)(=O)N(CC(=O)N(Cc2c(Cl)cccc2Cl)[C@@H](C)C(=O)NC(C)C)c2ccccc2OC)cc1. The molecule has 2 amide bonds. The summed E-state index contributed by atoms with van der Waals surface area (Å²) in [6.45, 7) is 4.38. The van der Waals surface area contributed by atoms with Crippen molar-refractivity contribution in [1.82, 2.24) is 10.2 Å². The van der Waals surface area contributed by atoms with E-state index in [4.69, 9.17) is 32.7 Å². The predicted molar refractivity (Wildman–Crippen MR) is 160 cm³/mol. The molecule has 220 valence electrons. The van der Waals surface area contributed by atoms with Gasteiger partial charge in [-0.15, -0.1) is 0 Å². The maximum Gasteiger partial charge on any atom is 0.264 e. The van der Waals surface area contributed by atoms with Gasteiger partial charge in [0.2, 0.25) is 11.8 Å².